The monoisotopic (exact) mass is 683 g/mol. The maximum Gasteiger partial charge on any atom is 0.255 e. The van der Waals surface area contributed by atoms with Crippen LogP contribution in [0.4, 0.5) is 4.39 Å². The Morgan fingerprint density at radius 2 is 1.65 bits per heavy atom. The molecule has 2 aliphatic heterocycles. The standard InChI is InChI=1S/C35H46FN5O8/c1-20(2)29-33(46)38-21(3)18-49-27-11-6-5-10-25(27)31(44)39-26(17-28(43)40-30(22(4)42)34(47)41-29)32(45)37-19-35(12-14-48-15-13-35)23-8-7-9-24(36)16-23/h5-11,16,20-22,26,29-30,42H,12-15,17-19H2,1-4H3,(H,37,45)(H,38,46)(H,39,44)(H,40,43)(H,41,47)/t21-,22+,26-,29+,30-/m0/s1. The first-order valence-electron chi connectivity index (χ1n) is 16.5. The minimum Gasteiger partial charge on any atom is -0.491 e. The zero-order valence-corrected chi connectivity index (χ0v) is 28.2. The van der Waals surface area contributed by atoms with Crippen LogP contribution in [0.1, 0.15) is 62.9 Å². The highest BCUT2D eigenvalue weighted by molar-refractivity contribution is 6.01. The third-order valence-electron chi connectivity index (χ3n) is 8.84. The molecule has 0 saturated carbocycles. The van der Waals surface area contributed by atoms with Crippen LogP contribution in [0.3, 0.4) is 0 Å². The number of amides is 5. The number of hydrogen-bond acceptors (Lipinski definition) is 8. The Labute approximate surface area is 285 Å². The highest BCUT2D eigenvalue weighted by Crippen LogP contribution is 2.34. The molecular formula is C35H46FN5O8. The molecule has 14 heteroatoms. The lowest BCUT2D eigenvalue weighted by Gasteiger charge is -2.38. The van der Waals surface area contributed by atoms with Gasteiger partial charge in [-0.25, -0.2) is 4.39 Å². The quantitative estimate of drug-likeness (QED) is 0.261. The Hall–Kier alpha value is -4.56. The number of ether oxygens (including phenoxy) is 2. The number of hydrogen-bond donors (Lipinski definition) is 6. The number of carbonyl (C=O) groups is 5. The number of fused-ring (bicyclic) bond motifs is 1. The van der Waals surface area contributed by atoms with Gasteiger partial charge in [-0.05, 0) is 62.4 Å². The van der Waals surface area contributed by atoms with E-state index in [4.69, 9.17) is 9.47 Å². The molecule has 2 aromatic carbocycles. The number of aliphatic hydroxyl groups excluding tert-OH is 1. The van der Waals surface area contributed by atoms with E-state index in [0.29, 0.717) is 31.6 Å². The van der Waals surface area contributed by atoms with E-state index < -0.39 is 77.5 Å². The number of benzene rings is 2. The van der Waals surface area contributed by atoms with Crippen LogP contribution in [0, 0.1) is 11.7 Å². The van der Waals surface area contributed by atoms with Crippen molar-refractivity contribution in [3.63, 3.8) is 0 Å². The molecule has 0 unspecified atom stereocenters. The number of aliphatic hydroxyl groups is 1. The van der Waals surface area contributed by atoms with Gasteiger partial charge in [0.25, 0.3) is 5.91 Å². The molecule has 2 heterocycles. The molecule has 5 amide bonds. The van der Waals surface area contributed by atoms with E-state index in [-0.39, 0.29) is 30.4 Å². The molecule has 266 valence electrons. The predicted molar refractivity (Wildman–Crippen MR) is 177 cm³/mol. The van der Waals surface area contributed by atoms with E-state index in [2.05, 4.69) is 26.6 Å². The van der Waals surface area contributed by atoms with Crippen molar-refractivity contribution in [3.8, 4) is 5.75 Å². The predicted octanol–water partition coefficient (Wildman–Crippen LogP) is 1.08. The van der Waals surface area contributed by atoms with Gasteiger partial charge in [-0.1, -0.05) is 38.1 Å². The molecule has 1 saturated heterocycles. The van der Waals surface area contributed by atoms with E-state index in [1.54, 1.807) is 51.1 Å². The second-order valence-electron chi connectivity index (χ2n) is 13.1. The number of halogens is 1. The maximum atomic E-state index is 14.3. The van der Waals surface area contributed by atoms with Crippen molar-refractivity contribution in [3.05, 3.63) is 65.5 Å². The van der Waals surface area contributed by atoms with Crippen molar-refractivity contribution in [2.75, 3.05) is 26.4 Å². The van der Waals surface area contributed by atoms with E-state index in [0.717, 1.165) is 0 Å². The fraction of sp³-hybridized carbons (Fsp3) is 0.514. The van der Waals surface area contributed by atoms with Crippen LogP contribution in [0.25, 0.3) is 0 Å². The number of nitrogens with one attached hydrogen (secondary N) is 5. The normalized spacial score (nSPS) is 24.6. The molecule has 2 aromatic rings. The average Bonchev–Trinajstić information content (AvgIpc) is 3.07. The van der Waals surface area contributed by atoms with E-state index >= 15 is 0 Å². The zero-order chi connectivity index (χ0) is 35.7. The summed E-state index contributed by atoms with van der Waals surface area (Å²) < 4.78 is 25.7. The van der Waals surface area contributed by atoms with Gasteiger partial charge in [0, 0.05) is 25.2 Å². The summed E-state index contributed by atoms with van der Waals surface area (Å²) in [6, 6.07) is 8.04. The molecule has 0 aliphatic carbocycles. The van der Waals surface area contributed by atoms with Crippen LogP contribution in [-0.4, -0.2) is 91.3 Å². The third kappa shape index (κ3) is 9.76. The van der Waals surface area contributed by atoms with E-state index in [1.807, 2.05) is 0 Å². The molecule has 0 spiro atoms. The lowest BCUT2D eigenvalue weighted by molar-refractivity contribution is -0.135. The molecular weight excluding hydrogens is 637 g/mol. The Morgan fingerprint density at radius 1 is 0.959 bits per heavy atom. The Kier molecular flexibility index (Phi) is 12.7. The molecule has 0 bridgehead atoms. The minimum atomic E-state index is -1.48. The van der Waals surface area contributed by atoms with Crippen LogP contribution in [0.15, 0.2) is 48.5 Å². The lowest BCUT2D eigenvalue weighted by atomic mass is 9.74. The summed E-state index contributed by atoms with van der Waals surface area (Å²) >= 11 is 0. The van der Waals surface area contributed by atoms with Crippen molar-refractivity contribution in [1.82, 2.24) is 26.6 Å². The summed E-state index contributed by atoms with van der Waals surface area (Å²) in [4.78, 5) is 67.3. The molecule has 49 heavy (non-hydrogen) atoms. The first-order valence-corrected chi connectivity index (χ1v) is 16.5. The van der Waals surface area contributed by atoms with Crippen molar-refractivity contribution < 1.29 is 42.9 Å². The van der Waals surface area contributed by atoms with Crippen molar-refractivity contribution in [1.29, 1.82) is 0 Å². The molecule has 13 nitrogen and oxygen atoms in total. The minimum absolute atomic E-state index is 0.0269. The highest BCUT2D eigenvalue weighted by Gasteiger charge is 2.37. The zero-order valence-electron chi connectivity index (χ0n) is 28.2. The van der Waals surface area contributed by atoms with Crippen LogP contribution < -0.4 is 31.3 Å². The van der Waals surface area contributed by atoms with Gasteiger partial charge in [-0.2, -0.15) is 0 Å². The lowest BCUT2D eigenvalue weighted by Crippen LogP contribution is -2.59. The largest absolute Gasteiger partial charge is 0.491 e. The van der Waals surface area contributed by atoms with Gasteiger partial charge in [-0.3, -0.25) is 24.0 Å². The van der Waals surface area contributed by atoms with E-state index in [1.165, 1.54) is 25.1 Å². The smallest absolute Gasteiger partial charge is 0.255 e. The summed E-state index contributed by atoms with van der Waals surface area (Å²) in [7, 11) is 0. The first kappa shape index (κ1) is 37.3. The van der Waals surface area contributed by atoms with Gasteiger partial charge >= 0.3 is 0 Å². The van der Waals surface area contributed by atoms with Crippen molar-refractivity contribution >= 4 is 29.5 Å². The molecule has 0 radical (unpaired) electrons. The molecule has 4 rings (SSSR count). The van der Waals surface area contributed by atoms with Gasteiger partial charge in [0.05, 0.1) is 24.1 Å². The second kappa shape index (κ2) is 16.7. The van der Waals surface area contributed by atoms with Crippen molar-refractivity contribution in [2.24, 2.45) is 5.92 Å². The Morgan fingerprint density at radius 3 is 2.33 bits per heavy atom. The summed E-state index contributed by atoms with van der Waals surface area (Å²) in [6.45, 7) is 7.31. The summed E-state index contributed by atoms with van der Waals surface area (Å²) in [5.74, 6) is -4.11. The van der Waals surface area contributed by atoms with Crippen LogP contribution in [0.2, 0.25) is 0 Å². The van der Waals surface area contributed by atoms with Crippen LogP contribution >= 0.6 is 0 Å². The van der Waals surface area contributed by atoms with Gasteiger partial charge in [0.1, 0.15) is 36.3 Å². The number of rotatable bonds is 6. The van der Waals surface area contributed by atoms with Crippen LogP contribution in [-0.2, 0) is 29.3 Å². The fourth-order valence-corrected chi connectivity index (χ4v) is 5.94. The molecule has 0 aromatic heterocycles. The topological polar surface area (TPSA) is 184 Å². The molecule has 5 atom stereocenters. The molecule has 1 fully saturated rings. The van der Waals surface area contributed by atoms with Gasteiger partial charge in [0.15, 0.2) is 0 Å². The number of carbonyl (C=O) groups excluding carboxylic acids is 5. The third-order valence-corrected chi connectivity index (χ3v) is 8.84. The van der Waals surface area contributed by atoms with Gasteiger partial charge in [0.2, 0.25) is 23.6 Å². The summed E-state index contributed by atoms with van der Waals surface area (Å²) in [5, 5.41) is 23.8. The first-order chi connectivity index (χ1) is 23.3. The van der Waals surface area contributed by atoms with Crippen LogP contribution in [0.5, 0.6) is 5.75 Å². The van der Waals surface area contributed by atoms with E-state index in [9.17, 15) is 33.5 Å². The summed E-state index contributed by atoms with van der Waals surface area (Å²) in [5.41, 5.74) is 0.109. The average molecular weight is 684 g/mol. The van der Waals surface area contributed by atoms with Gasteiger partial charge < -0.3 is 41.2 Å². The molecule has 2 aliphatic rings. The maximum absolute atomic E-state index is 14.3. The summed E-state index contributed by atoms with van der Waals surface area (Å²) in [6.07, 6.45) is -0.977. The Balaban J connectivity index is 1.65. The van der Waals surface area contributed by atoms with Gasteiger partial charge in [-0.15, -0.1) is 0 Å². The Bertz CT molecular complexity index is 1510. The fourth-order valence-electron chi connectivity index (χ4n) is 5.94. The van der Waals surface area contributed by atoms with Crippen molar-refractivity contribution in [2.45, 2.75) is 82.6 Å². The SMILES string of the molecule is CC(C)[C@H]1NC(=O)[C@H]([C@@H](C)O)NC(=O)C[C@@H](C(=O)NCC2(c3cccc(F)c3)CCOCC2)NC(=O)c2ccccc2OC[C@H](C)NC1=O. The molecule has 6 N–H and O–H groups in total. The second-order valence-corrected chi connectivity index (χ2v) is 13.1. The number of para-hydroxylation sites is 1. The highest BCUT2D eigenvalue weighted by atomic mass is 19.1.